The number of methoxy groups -OCH3 is 1. The van der Waals surface area contributed by atoms with Crippen molar-refractivity contribution in [3.8, 4) is 5.75 Å². The molecule has 0 radical (unpaired) electrons. The van der Waals surface area contributed by atoms with Crippen LogP contribution in [0.5, 0.6) is 5.75 Å². The Morgan fingerprint density at radius 2 is 2.12 bits per heavy atom. The van der Waals surface area contributed by atoms with Gasteiger partial charge in [0.05, 0.1) is 18.5 Å². The van der Waals surface area contributed by atoms with Crippen LogP contribution in [0.3, 0.4) is 0 Å². The van der Waals surface area contributed by atoms with Crippen molar-refractivity contribution >= 4 is 11.4 Å². The van der Waals surface area contributed by atoms with E-state index < -0.39 is 0 Å². The quantitative estimate of drug-likeness (QED) is 0.778. The number of rotatable bonds is 5. The highest BCUT2D eigenvalue weighted by Gasteiger charge is 2.11. The third kappa shape index (κ3) is 2.81. The lowest BCUT2D eigenvalue weighted by Crippen LogP contribution is -2.24. The fourth-order valence-electron chi connectivity index (χ4n) is 1.74. The van der Waals surface area contributed by atoms with Crippen molar-refractivity contribution in [3.05, 3.63) is 18.2 Å². The van der Waals surface area contributed by atoms with Crippen LogP contribution in [0, 0.1) is 5.92 Å². The molecule has 0 aromatic heterocycles. The minimum Gasteiger partial charge on any atom is -0.495 e. The monoisotopic (exact) mass is 222 g/mol. The lowest BCUT2D eigenvalue weighted by molar-refractivity contribution is 0.417. The third-order valence-electron chi connectivity index (χ3n) is 2.96. The first-order valence-electron chi connectivity index (χ1n) is 5.73. The summed E-state index contributed by atoms with van der Waals surface area (Å²) >= 11 is 0. The van der Waals surface area contributed by atoms with E-state index in [1.54, 1.807) is 7.11 Å². The van der Waals surface area contributed by atoms with Gasteiger partial charge in [0.25, 0.3) is 0 Å². The Labute approximate surface area is 98.2 Å². The minimum atomic E-state index is 0.663. The van der Waals surface area contributed by atoms with E-state index in [4.69, 9.17) is 10.5 Å². The highest BCUT2D eigenvalue weighted by molar-refractivity contribution is 5.73. The standard InChI is InChI=1S/C13H22N2O/c1-5-10(2)9-15(3)11-7-6-8-12(16-4)13(11)14/h6-8,10H,5,9,14H2,1-4H3. The van der Waals surface area contributed by atoms with Crippen LogP contribution in [0.4, 0.5) is 11.4 Å². The van der Waals surface area contributed by atoms with Crippen molar-refractivity contribution in [2.75, 3.05) is 31.3 Å². The topological polar surface area (TPSA) is 38.5 Å². The van der Waals surface area contributed by atoms with Crippen LogP contribution in [0.2, 0.25) is 0 Å². The Morgan fingerprint density at radius 1 is 1.44 bits per heavy atom. The fourth-order valence-corrected chi connectivity index (χ4v) is 1.74. The van der Waals surface area contributed by atoms with Gasteiger partial charge in [-0.15, -0.1) is 0 Å². The molecule has 0 aliphatic carbocycles. The summed E-state index contributed by atoms with van der Waals surface area (Å²) in [5, 5.41) is 0. The van der Waals surface area contributed by atoms with E-state index >= 15 is 0 Å². The number of benzene rings is 1. The average molecular weight is 222 g/mol. The van der Waals surface area contributed by atoms with Crippen molar-refractivity contribution in [2.45, 2.75) is 20.3 Å². The third-order valence-corrected chi connectivity index (χ3v) is 2.96. The molecule has 1 aromatic rings. The van der Waals surface area contributed by atoms with E-state index in [1.165, 1.54) is 6.42 Å². The van der Waals surface area contributed by atoms with Gasteiger partial charge in [0, 0.05) is 13.6 Å². The molecule has 3 nitrogen and oxygen atoms in total. The summed E-state index contributed by atoms with van der Waals surface area (Å²) < 4.78 is 5.22. The van der Waals surface area contributed by atoms with Gasteiger partial charge < -0.3 is 15.4 Å². The normalized spacial score (nSPS) is 12.2. The second kappa shape index (κ2) is 5.64. The maximum absolute atomic E-state index is 6.05. The van der Waals surface area contributed by atoms with E-state index in [0.717, 1.165) is 23.7 Å². The second-order valence-electron chi connectivity index (χ2n) is 4.29. The van der Waals surface area contributed by atoms with Crippen molar-refractivity contribution < 1.29 is 4.74 Å². The number of ether oxygens (including phenoxy) is 1. The zero-order valence-corrected chi connectivity index (χ0v) is 10.7. The van der Waals surface area contributed by atoms with Crippen LogP contribution in [0.15, 0.2) is 18.2 Å². The number of para-hydroxylation sites is 1. The van der Waals surface area contributed by atoms with Crippen molar-refractivity contribution in [1.82, 2.24) is 0 Å². The maximum Gasteiger partial charge on any atom is 0.143 e. The second-order valence-corrected chi connectivity index (χ2v) is 4.29. The highest BCUT2D eigenvalue weighted by atomic mass is 16.5. The Morgan fingerprint density at radius 3 is 2.69 bits per heavy atom. The number of nitrogen functional groups attached to an aromatic ring is 1. The van der Waals surface area contributed by atoms with Crippen molar-refractivity contribution in [3.63, 3.8) is 0 Å². The van der Waals surface area contributed by atoms with E-state index in [2.05, 4.69) is 25.8 Å². The zero-order valence-electron chi connectivity index (χ0n) is 10.7. The number of hydrogen-bond acceptors (Lipinski definition) is 3. The molecule has 2 N–H and O–H groups in total. The van der Waals surface area contributed by atoms with Gasteiger partial charge in [-0.1, -0.05) is 26.3 Å². The van der Waals surface area contributed by atoms with Crippen LogP contribution in [0.25, 0.3) is 0 Å². The summed E-state index contributed by atoms with van der Waals surface area (Å²) in [6, 6.07) is 5.88. The molecule has 0 saturated heterocycles. The molecular weight excluding hydrogens is 200 g/mol. The lowest BCUT2D eigenvalue weighted by atomic mass is 10.1. The molecule has 1 rings (SSSR count). The van der Waals surface area contributed by atoms with E-state index in [-0.39, 0.29) is 0 Å². The smallest absolute Gasteiger partial charge is 0.143 e. The average Bonchev–Trinajstić information content (AvgIpc) is 2.29. The van der Waals surface area contributed by atoms with Gasteiger partial charge in [-0.2, -0.15) is 0 Å². The summed E-state index contributed by atoms with van der Waals surface area (Å²) in [5.41, 5.74) is 7.80. The summed E-state index contributed by atoms with van der Waals surface area (Å²) in [7, 11) is 3.71. The van der Waals surface area contributed by atoms with E-state index in [9.17, 15) is 0 Å². The summed E-state index contributed by atoms with van der Waals surface area (Å²) in [6.45, 7) is 5.45. The van der Waals surface area contributed by atoms with Crippen LogP contribution in [-0.2, 0) is 0 Å². The summed E-state index contributed by atoms with van der Waals surface area (Å²) in [5.74, 6) is 1.41. The molecule has 1 unspecified atom stereocenters. The van der Waals surface area contributed by atoms with Crippen molar-refractivity contribution in [1.29, 1.82) is 0 Å². The Hall–Kier alpha value is -1.38. The van der Waals surface area contributed by atoms with E-state index in [0.29, 0.717) is 5.92 Å². The Kier molecular flexibility index (Phi) is 4.47. The maximum atomic E-state index is 6.05. The Balaban J connectivity index is 2.86. The number of anilines is 2. The molecule has 90 valence electrons. The minimum absolute atomic E-state index is 0.663. The molecule has 0 fully saturated rings. The molecule has 0 aliphatic rings. The summed E-state index contributed by atoms with van der Waals surface area (Å²) in [4.78, 5) is 2.19. The number of hydrogen-bond donors (Lipinski definition) is 1. The van der Waals surface area contributed by atoms with Gasteiger partial charge in [0.2, 0.25) is 0 Å². The first-order valence-corrected chi connectivity index (χ1v) is 5.73. The molecule has 0 spiro atoms. The number of nitrogens with two attached hydrogens (primary N) is 1. The molecular formula is C13H22N2O. The van der Waals surface area contributed by atoms with Crippen molar-refractivity contribution in [2.24, 2.45) is 5.92 Å². The zero-order chi connectivity index (χ0) is 12.1. The van der Waals surface area contributed by atoms with Gasteiger partial charge in [-0.3, -0.25) is 0 Å². The van der Waals surface area contributed by atoms with Crippen LogP contribution in [-0.4, -0.2) is 20.7 Å². The van der Waals surface area contributed by atoms with Crippen LogP contribution in [0.1, 0.15) is 20.3 Å². The molecule has 1 atom stereocenters. The largest absolute Gasteiger partial charge is 0.495 e. The molecule has 0 bridgehead atoms. The summed E-state index contributed by atoms with van der Waals surface area (Å²) in [6.07, 6.45) is 1.17. The molecule has 1 aromatic carbocycles. The van der Waals surface area contributed by atoms with Crippen LogP contribution >= 0.6 is 0 Å². The lowest BCUT2D eigenvalue weighted by Gasteiger charge is -2.24. The van der Waals surface area contributed by atoms with Gasteiger partial charge in [-0.05, 0) is 18.1 Å². The number of nitrogens with zero attached hydrogens (tertiary/aromatic N) is 1. The molecule has 16 heavy (non-hydrogen) atoms. The first kappa shape index (κ1) is 12.7. The SMILES string of the molecule is CCC(C)CN(C)c1cccc(OC)c1N. The molecule has 0 saturated carbocycles. The molecule has 0 heterocycles. The van der Waals surface area contributed by atoms with Gasteiger partial charge in [0.1, 0.15) is 5.75 Å². The fraction of sp³-hybridized carbons (Fsp3) is 0.538. The van der Waals surface area contributed by atoms with Gasteiger partial charge in [-0.25, -0.2) is 0 Å². The molecule has 3 heteroatoms. The van der Waals surface area contributed by atoms with Gasteiger partial charge in [0.15, 0.2) is 0 Å². The molecule has 0 aliphatic heterocycles. The van der Waals surface area contributed by atoms with Crippen LogP contribution < -0.4 is 15.4 Å². The Bertz CT molecular complexity index is 339. The molecule has 0 amide bonds. The highest BCUT2D eigenvalue weighted by Crippen LogP contribution is 2.31. The predicted molar refractivity (Wildman–Crippen MR) is 70.1 cm³/mol. The predicted octanol–water partition coefficient (Wildman–Crippen LogP) is 2.76. The first-order chi connectivity index (χ1) is 7.60. The van der Waals surface area contributed by atoms with E-state index in [1.807, 2.05) is 18.2 Å². The van der Waals surface area contributed by atoms with Gasteiger partial charge >= 0.3 is 0 Å².